The van der Waals surface area contributed by atoms with Crippen LogP contribution in [0.3, 0.4) is 0 Å². The highest BCUT2D eigenvalue weighted by molar-refractivity contribution is 6.36. The largest absolute Gasteiger partial charge is 0.493 e. The first-order valence-electron chi connectivity index (χ1n) is 17.6. The van der Waals surface area contributed by atoms with Crippen LogP contribution in [0.2, 0.25) is 10.0 Å². The van der Waals surface area contributed by atoms with E-state index in [2.05, 4.69) is 15.2 Å². The minimum Gasteiger partial charge on any atom is -0.493 e. The van der Waals surface area contributed by atoms with Crippen molar-refractivity contribution < 1.29 is 28.6 Å². The average Bonchev–Trinajstić information content (AvgIpc) is 3.43. The number of nitrogens with zero attached hydrogens (tertiary/aromatic N) is 4. The molecule has 2 unspecified atom stereocenters. The molecule has 1 saturated carbocycles. The lowest BCUT2D eigenvalue weighted by Crippen LogP contribution is -2.27. The highest BCUT2D eigenvalue weighted by Gasteiger charge is 2.57. The van der Waals surface area contributed by atoms with Crippen LogP contribution in [0.5, 0.6) is 11.5 Å². The third-order valence-corrected chi connectivity index (χ3v) is 12.0. The van der Waals surface area contributed by atoms with Crippen molar-refractivity contribution in [2.24, 2.45) is 18.4 Å². The Bertz CT molecular complexity index is 2120. The van der Waals surface area contributed by atoms with E-state index in [-0.39, 0.29) is 27.8 Å². The number of anilines is 1. The molecule has 13 heteroatoms. The van der Waals surface area contributed by atoms with Gasteiger partial charge < -0.3 is 29.4 Å². The van der Waals surface area contributed by atoms with Gasteiger partial charge in [0.05, 0.1) is 34.5 Å². The number of nitrogens with one attached hydrogen (secondary N) is 1. The van der Waals surface area contributed by atoms with Crippen LogP contribution in [0, 0.1) is 17.2 Å². The zero-order valence-corrected chi connectivity index (χ0v) is 30.8. The van der Waals surface area contributed by atoms with Gasteiger partial charge in [-0.1, -0.05) is 53.5 Å². The van der Waals surface area contributed by atoms with Gasteiger partial charge in [-0.15, -0.1) is 0 Å². The maximum Gasteiger partial charge on any atom is 0.307 e. The number of aromatic nitrogens is 2. The smallest absolute Gasteiger partial charge is 0.307 e. The molecule has 2 fully saturated rings. The lowest BCUT2D eigenvalue weighted by Gasteiger charge is -2.25. The van der Waals surface area contributed by atoms with Crippen molar-refractivity contribution in [2.45, 2.75) is 51.3 Å². The minimum absolute atomic E-state index is 0.0404. The molecule has 1 saturated heterocycles. The van der Waals surface area contributed by atoms with Gasteiger partial charge in [0.1, 0.15) is 6.10 Å². The fraction of sp³-hybridized carbons (Fsp3) is 0.410. The summed E-state index contributed by atoms with van der Waals surface area (Å²) >= 11 is 13.8. The topological polar surface area (TPSA) is 109 Å². The Morgan fingerprint density at radius 3 is 2.60 bits per heavy atom. The number of carbonyl (C=O) groups excluding carboxylic acids is 1. The van der Waals surface area contributed by atoms with E-state index in [0.29, 0.717) is 54.7 Å². The van der Waals surface area contributed by atoms with Crippen molar-refractivity contribution in [2.75, 3.05) is 39.1 Å². The maximum absolute atomic E-state index is 16.2. The van der Waals surface area contributed by atoms with Gasteiger partial charge in [0.25, 0.3) is 5.91 Å². The molecule has 2 atom stereocenters. The Labute approximate surface area is 311 Å². The fourth-order valence-corrected chi connectivity index (χ4v) is 8.89. The Morgan fingerprint density at radius 2 is 1.87 bits per heavy atom. The van der Waals surface area contributed by atoms with Crippen molar-refractivity contribution in [1.82, 2.24) is 19.4 Å². The minimum atomic E-state index is -0.829. The van der Waals surface area contributed by atoms with Gasteiger partial charge in [-0.05, 0) is 68.1 Å². The Balaban J connectivity index is 1.07. The summed E-state index contributed by atoms with van der Waals surface area (Å²) in [6, 6.07) is 13.2. The second-order valence-electron chi connectivity index (χ2n) is 14.7. The molecule has 1 amide bonds. The van der Waals surface area contributed by atoms with Gasteiger partial charge in [0.2, 0.25) is 5.82 Å². The van der Waals surface area contributed by atoms with E-state index in [1.165, 1.54) is 7.11 Å². The summed E-state index contributed by atoms with van der Waals surface area (Å²) in [7, 11) is 5.33. The summed E-state index contributed by atoms with van der Waals surface area (Å²) in [6.07, 6.45) is 3.46. The van der Waals surface area contributed by atoms with E-state index in [4.69, 9.17) is 32.7 Å². The molecule has 0 radical (unpaired) electrons. The second kappa shape index (κ2) is 13.4. The van der Waals surface area contributed by atoms with Crippen LogP contribution in [-0.4, -0.2) is 70.1 Å². The standard InChI is InChI=1S/C39H40Cl2FN5O5/c1-45-14-11-30-29(20-45)43-36(46(30)2)37(48)44-28-9-5-7-24(31(28)41)23-6-4-8-25-26(23)17-39(12-13-39)35(25)52-34-27(40)16-22(33(51-3)32(34)42)19-47-15-10-21(18-47)38(49)50/h4-9,16,21,35H,10-15,17-20H2,1-3H3,(H,44,48)(H,49,50). The normalized spacial score (nSPS) is 20.5. The Hall–Kier alpha value is -4.16. The van der Waals surface area contributed by atoms with Crippen LogP contribution in [0.25, 0.3) is 11.1 Å². The van der Waals surface area contributed by atoms with Gasteiger partial charge in [0, 0.05) is 61.9 Å². The van der Waals surface area contributed by atoms with Gasteiger partial charge in [-0.2, -0.15) is 4.39 Å². The second-order valence-corrected chi connectivity index (χ2v) is 15.4. The number of aliphatic carboxylic acids is 1. The molecule has 0 bridgehead atoms. The molecule has 272 valence electrons. The number of methoxy groups -OCH3 is 1. The predicted octanol–water partition coefficient (Wildman–Crippen LogP) is 7.14. The van der Waals surface area contributed by atoms with E-state index in [1.807, 2.05) is 53.9 Å². The molecule has 8 rings (SSSR count). The molecule has 2 aliphatic carbocycles. The Morgan fingerprint density at radius 1 is 1.10 bits per heavy atom. The molecule has 2 aliphatic heterocycles. The SMILES string of the molecule is COc1c(CN2CCC(C(=O)O)C2)cc(Cl)c(OC2c3cccc(-c4cccc(NC(=O)c5nc6c(n5C)CCN(C)C6)c4Cl)c3CC23CC3)c1F. The first-order chi connectivity index (χ1) is 25.0. The predicted molar refractivity (Wildman–Crippen MR) is 196 cm³/mol. The molecule has 2 N–H and O–H groups in total. The molecule has 1 aromatic heterocycles. The number of benzene rings is 3. The number of rotatable bonds is 9. The number of ether oxygens (including phenoxy) is 2. The zero-order valence-electron chi connectivity index (χ0n) is 29.3. The molecular formula is C39H40Cl2FN5O5. The van der Waals surface area contributed by atoms with Gasteiger partial charge in [0.15, 0.2) is 17.3 Å². The highest BCUT2D eigenvalue weighted by Crippen LogP contribution is 2.65. The van der Waals surface area contributed by atoms with Crippen LogP contribution >= 0.6 is 23.2 Å². The number of hydrogen-bond acceptors (Lipinski definition) is 7. The van der Waals surface area contributed by atoms with Gasteiger partial charge in [-0.25, -0.2) is 4.98 Å². The van der Waals surface area contributed by atoms with Crippen LogP contribution in [-0.2, 0) is 37.8 Å². The number of hydrogen-bond donors (Lipinski definition) is 2. The molecule has 52 heavy (non-hydrogen) atoms. The van der Waals surface area contributed by atoms with Crippen molar-refractivity contribution in [3.05, 3.63) is 92.2 Å². The first kappa shape index (κ1) is 34.9. The first-order valence-corrected chi connectivity index (χ1v) is 18.3. The van der Waals surface area contributed by atoms with Crippen LogP contribution in [0.1, 0.15) is 64.1 Å². The fourth-order valence-electron chi connectivity index (χ4n) is 8.36. The number of amides is 1. The third-order valence-electron chi connectivity index (χ3n) is 11.3. The molecule has 1 spiro atoms. The molecule has 3 aromatic carbocycles. The van der Waals surface area contributed by atoms with Crippen molar-refractivity contribution >= 4 is 40.8 Å². The summed E-state index contributed by atoms with van der Waals surface area (Å²) in [5.41, 5.74) is 6.51. The van der Waals surface area contributed by atoms with Gasteiger partial charge >= 0.3 is 5.97 Å². The summed E-state index contributed by atoms with van der Waals surface area (Å²) in [6.45, 7) is 2.89. The van der Waals surface area contributed by atoms with Gasteiger partial charge in [-0.3, -0.25) is 14.5 Å². The van der Waals surface area contributed by atoms with Crippen LogP contribution in [0.15, 0.2) is 42.5 Å². The molecule has 4 aromatic rings. The van der Waals surface area contributed by atoms with E-state index >= 15 is 4.39 Å². The van der Waals surface area contributed by atoms with Crippen molar-refractivity contribution in [3.63, 3.8) is 0 Å². The van der Waals surface area contributed by atoms with E-state index in [0.717, 1.165) is 65.9 Å². The summed E-state index contributed by atoms with van der Waals surface area (Å²) in [5, 5.41) is 13.0. The Kier molecular flexibility index (Phi) is 8.97. The third kappa shape index (κ3) is 6.01. The monoisotopic (exact) mass is 747 g/mol. The quantitative estimate of drug-likeness (QED) is 0.186. The number of likely N-dealkylation sites (N-methyl/N-ethyl adjacent to an activating group) is 1. The summed E-state index contributed by atoms with van der Waals surface area (Å²) < 4.78 is 30.2. The highest BCUT2D eigenvalue weighted by atomic mass is 35.5. The number of fused-ring (bicyclic) bond motifs is 2. The lowest BCUT2D eigenvalue weighted by molar-refractivity contribution is -0.141. The number of carbonyl (C=O) groups is 2. The van der Waals surface area contributed by atoms with E-state index < -0.39 is 23.8 Å². The van der Waals surface area contributed by atoms with Crippen molar-refractivity contribution in [1.29, 1.82) is 0 Å². The molecule has 4 aliphatic rings. The van der Waals surface area contributed by atoms with Crippen LogP contribution in [0.4, 0.5) is 10.1 Å². The average molecular weight is 749 g/mol. The summed E-state index contributed by atoms with van der Waals surface area (Å²) in [5.74, 6) is -1.96. The number of likely N-dealkylation sites (tertiary alicyclic amines) is 1. The number of halogens is 3. The summed E-state index contributed by atoms with van der Waals surface area (Å²) in [4.78, 5) is 33.8. The van der Waals surface area contributed by atoms with Crippen LogP contribution < -0.4 is 14.8 Å². The zero-order chi connectivity index (χ0) is 36.5. The van der Waals surface area contributed by atoms with Crippen molar-refractivity contribution in [3.8, 4) is 22.6 Å². The lowest BCUT2D eigenvalue weighted by atomic mass is 9.96. The maximum atomic E-state index is 16.2. The number of carboxylic acids is 1. The van der Waals surface area contributed by atoms with E-state index in [1.54, 1.807) is 12.1 Å². The molecular weight excluding hydrogens is 708 g/mol. The molecule has 10 nitrogen and oxygen atoms in total. The van der Waals surface area contributed by atoms with E-state index in [9.17, 15) is 14.7 Å². The number of imidazole rings is 1. The number of carboxylic acid groups (broad SMARTS) is 1. The molecule has 3 heterocycles.